The summed E-state index contributed by atoms with van der Waals surface area (Å²) in [6, 6.07) is 9.78. The van der Waals surface area contributed by atoms with Gasteiger partial charge in [-0.2, -0.15) is 0 Å². The normalized spacial score (nSPS) is 17.2. The first-order chi connectivity index (χ1) is 10.6. The van der Waals surface area contributed by atoms with Gasteiger partial charge >= 0.3 is 0 Å². The molecule has 1 atom stereocenters. The second kappa shape index (κ2) is 8.54. The fraction of sp³-hybridized carbons (Fsp3) is 0.529. The number of hydrogen-bond donors (Lipinski definition) is 1. The third kappa shape index (κ3) is 5.48. The van der Waals surface area contributed by atoms with Crippen molar-refractivity contribution in [1.29, 1.82) is 0 Å². The summed E-state index contributed by atoms with van der Waals surface area (Å²) >= 11 is 0. The fourth-order valence-electron chi connectivity index (χ4n) is 2.53. The lowest BCUT2D eigenvalue weighted by molar-refractivity contribution is -0.131. The molecule has 1 aliphatic heterocycles. The molecule has 1 heterocycles. The number of ether oxygens (including phenoxy) is 1. The molecule has 0 radical (unpaired) electrons. The van der Waals surface area contributed by atoms with Crippen LogP contribution < -0.4 is 5.32 Å². The summed E-state index contributed by atoms with van der Waals surface area (Å²) < 4.78 is 5.55. The number of nitrogens with one attached hydrogen (secondary N) is 1. The average Bonchev–Trinajstić information content (AvgIpc) is 3.03. The van der Waals surface area contributed by atoms with Crippen molar-refractivity contribution in [1.82, 2.24) is 10.2 Å². The van der Waals surface area contributed by atoms with E-state index in [4.69, 9.17) is 4.74 Å². The van der Waals surface area contributed by atoms with Crippen molar-refractivity contribution in [2.45, 2.75) is 38.8 Å². The second-order valence-corrected chi connectivity index (χ2v) is 5.61. The number of carbonyl (C=O) groups is 2. The monoisotopic (exact) mass is 304 g/mol. The van der Waals surface area contributed by atoms with E-state index in [-0.39, 0.29) is 17.9 Å². The molecule has 1 unspecified atom stereocenters. The van der Waals surface area contributed by atoms with Gasteiger partial charge in [0.2, 0.25) is 11.8 Å². The molecule has 1 N–H and O–H groups in total. The van der Waals surface area contributed by atoms with E-state index in [1.165, 1.54) is 6.92 Å². The van der Waals surface area contributed by atoms with Gasteiger partial charge in [-0.1, -0.05) is 30.3 Å². The van der Waals surface area contributed by atoms with E-state index < -0.39 is 0 Å². The van der Waals surface area contributed by atoms with Crippen LogP contribution in [0.5, 0.6) is 0 Å². The predicted molar refractivity (Wildman–Crippen MR) is 84.1 cm³/mol. The summed E-state index contributed by atoms with van der Waals surface area (Å²) in [7, 11) is 0. The van der Waals surface area contributed by atoms with E-state index in [1.54, 1.807) is 4.90 Å². The minimum absolute atomic E-state index is 0.00800. The average molecular weight is 304 g/mol. The zero-order chi connectivity index (χ0) is 15.8. The molecule has 120 valence electrons. The standard InChI is InChI=1S/C17H24N2O3/c1-14(20)19(13-16-8-5-11-22-16)10-9-17(21)18-12-15-6-3-2-4-7-15/h2-4,6-7,16H,5,8-13H2,1H3,(H,18,21). The van der Waals surface area contributed by atoms with Crippen LogP contribution in [0.15, 0.2) is 30.3 Å². The van der Waals surface area contributed by atoms with E-state index in [1.807, 2.05) is 30.3 Å². The van der Waals surface area contributed by atoms with Gasteiger partial charge in [0, 0.05) is 39.6 Å². The molecule has 0 spiro atoms. The first kappa shape index (κ1) is 16.5. The van der Waals surface area contributed by atoms with Crippen LogP contribution in [-0.4, -0.2) is 42.5 Å². The highest BCUT2D eigenvalue weighted by molar-refractivity contribution is 5.78. The zero-order valence-corrected chi connectivity index (χ0v) is 13.1. The minimum atomic E-state index is -0.0394. The van der Waals surface area contributed by atoms with Crippen LogP contribution in [0.1, 0.15) is 31.7 Å². The Morgan fingerprint density at radius 2 is 2.09 bits per heavy atom. The van der Waals surface area contributed by atoms with Crippen LogP contribution in [0.2, 0.25) is 0 Å². The molecule has 0 aromatic heterocycles. The Labute approximate surface area is 131 Å². The molecule has 2 rings (SSSR count). The van der Waals surface area contributed by atoms with Gasteiger partial charge in [-0.15, -0.1) is 0 Å². The Hall–Kier alpha value is -1.88. The highest BCUT2D eigenvalue weighted by Gasteiger charge is 2.21. The molecule has 1 aliphatic rings. The molecular formula is C17H24N2O3. The van der Waals surface area contributed by atoms with Crippen molar-refractivity contribution in [3.63, 3.8) is 0 Å². The lowest BCUT2D eigenvalue weighted by Crippen LogP contribution is -2.38. The van der Waals surface area contributed by atoms with Gasteiger partial charge < -0.3 is 15.0 Å². The van der Waals surface area contributed by atoms with Crippen molar-refractivity contribution in [3.8, 4) is 0 Å². The van der Waals surface area contributed by atoms with Crippen LogP contribution in [0.4, 0.5) is 0 Å². The Balaban J connectivity index is 1.71. The zero-order valence-electron chi connectivity index (χ0n) is 13.1. The SMILES string of the molecule is CC(=O)N(CCC(=O)NCc1ccccc1)CC1CCCO1. The molecule has 5 nitrogen and oxygen atoms in total. The largest absolute Gasteiger partial charge is 0.376 e. The van der Waals surface area contributed by atoms with Crippen LogP contribution in [-0.2, 0) is 20.9 Å². The second-order valence-electron chi connectivity index (χ2n) is 5.61. The van der Waals surface area contributed by atoms with E-state index in [0.717, 1.165) is 25.0 Å². The molecule has 1 aromatic carbocycles. The molecule has 0 aliphatic carbocycles. The van der Waals surface area contributed by atoms with Crippen molar-refractivity contribution in [2.24, 2.45) is 0 Å². The highest BCUT2D eigenvalue weighted by atomic mass is 16.5. The number of amides is 2. The lowest BCUT2D eigenvalue weighted by Gasteiger charge is -2.23. The molecular weight excluding hydrogens is 280 g/mol. The van der Waals surface area contributed by atoms with Crippen LogP contribution in [0.3, 0.4) is 0 Å². The van der Waals surface area contributed by atoms with Crippen LogP contribution in [0.25, 0.3) is 0 Å². The van der Waals surface area contributed by atoms with Gasteiger partial charge in [0.15, 0.2) is 0 Å². The molecule has 2 amide bonds. The van der Waals surface area contributed by atoms with E-state index >= 15 is 0 Å². The molecule has 5 heteroatoms. The Bertz CT molecular complexity index is 484. The van der Waals surface area contributed by atoms with Crippen LogP contribution >= 0.6 is 0 Å². The summed E-state index contributed by atoms with van der Waals surface area (Å²) in [5.41, 5.74) is 1.07. The third-order valence-corrected chi connectivity index (χ3v) is 3.83. The number of nitrogens with zero attached hydrogens (tertiary/aromatic N) is 1. The van der Waals surface area contributed by atoms with Crippen molar-refractivity contribution >= 4 is 11.8 Å². The molecule has 0 bridgehead atoms. The Morgan fingerprint density at radius 1 is 1.32 bits per heavy atom. The van der Waals surface area contributed by atoms with E-state index in [0.29, 0.717) is 26.1 Å². The molecule has 22 heavy (non-hydrogen) atoms. The fourth-order valence-corrected chi connectivity index (χ4v) is 2.53. The quantitative estimate of drug-likeness (QED) is 0.834. The maximum atomic E-state index is 11.9. The number of rotatable bonds is 7. The first-order valence-corrected chi connectivity index (χ1v) is 7.83. The molecule has 1 saturated heterocycles. The summed E-state index contributed by atoms with van der Waals surface area (Å²) in [6.07, 6.45) is 2.48. The minimum Gasteiger partial charge on any atom is -0.376 e. The summed E-state index contributed by atoms with van der Waals surface area (Å²) in [5.74, 6) is -0.0474. The number of benzene rings is 1. The van der Waals surface area contributed by atoms with E-state index in [9.17, 15) is 9.59 Å². The van der Waals surface area contributed by atoms with E-state index in [2.05, 4.69) is 5.32 Å². The first-order valence-electron chi connectivity index (χ1n) is 7.83. The number of hydrogen-bond acceptors (Lipinski definition) is 3. The van der Waals surface area contributed by atoms with Crippen molar-refractivity contribution in [3.05, 3.63) is 35.9 Å². The molecule has 1 fully saturated rings. The van der Waals surface area contributed by atoms with Gasteiger partial charge in [-0.3, -0.25) is 9.59 Å². The maximum Gasteiger partial charge on any atom is 0.222 e. The number of carbonyl (C=O) groups excluding carboxylic acids is 2. The third-order valence-electron chi connectivity index (χ3n) is 3.83. The Morgan fingerprint density at radius 3 is 2.73 bits per heavy atom. The summed E-state index contributed by atoms with van der Waals surface area (Å²) in [4.78, 5) is 25.3. The van der Waals surface area contributed by atoms with Crippen molar-refractivity contribution in [2.75, 3.05) is 19.7 Å². The summed E-state index contributed by atoms with van der Waals surface area (Å²) in [5, 5.41) is 2.88. The van der Waals surface area contributed by atoms with Gasteiger partial charge in [0.05, 0.1) is 6.10 Å². The summed E-state index contributed by atoms with van der Waals surface area (Å²) in [6.45, 7) is 3.85. The highest BCUT2D eigenvalue weighted by Crippen LogP contribution is 2.13. The van der Waals surface area contributed by atoms with Gasteiger partial charge in [0.1, 0.15) is 0 Å². The smallest absolute Gasteiger partial charge is 0.222 e. The van der Waals surface area contributed by atoms with Gasteiger partial charge in [-0.25, -0.2) is 0 Å². The topological polar surface area (TPSA) is 58.6 Å². The Kier molecular flexibility index (Phi) is 6.40. The molecule has 1 aromatic rings. The predicted octanol–water partition coefficient (Wildman–Crippen LogP) is 1.72. The van der Waals surface area contributed by atoms with Crippen LogP contribution in [0, 0.1) is 0 Å². The van der Waals surface area contributed by atoms with Gasteiger partial charge in [0.25, 0.3) is 0 Å². The maximum absolute atomic E-state index is 11.9. The van der Waals surface area contributed by atoms with Gasteiger partial charge in [-0.05, 0) is 18.4 Å². The van der Waals surface area contributed by atoms with Crippen molar-refractivity contribution < 1.29 is 14.3 Å². The lowest BCUT2D eigenvalue weighted by atomic mass is 10.2. The molecule has 0 saturated carbocycles.